The van der Waals surface area contributed by atoms with E-state index in [9.17, 15) is 26.3 Å². The lowest BCUT2D eigenvalue weighted by molar-refractivity contribution is -0.138. The molecule has 0 amide bonds. The van der Waals surface area contributed by atoms with E-state index in [4.69, 9.17) is 0 Å². The zero-order chi connectivity index (χ0) is 29.9. The van der Waals surface area contributed by atoms with Crippen LogP contribution in [0.15, 0.2) is 68.2 Å². The fourth-order valence-corrected chi connectivity index (χ4v) is 9.25. The molecule has 2 aromatic heterocycles. The molecule has 0 N–H and O–H groups in total. The number of halogens is 8. The minimum atomic E-state index is -4.50. The van der Waals surface area contributed by atoms with E-state index >= 15 is 0 Å². The lowest BCUT2D eigenvalue weighted by atomic mass is 9.95. The lowest BCUT2D eigenvalue weighted by Crippen LogP contribution is -2.16. The Balaban J connectivity index is 1.59. The van der Waals surface area contributed by atoms with Gasteiger partial charge in [0, 0.05) is 32.0 Å². The van der Waals surface area contributed by atoms with Gasteiger partial charge in [0.05, 0.1) is 18.7 Å². The molecule has 2 heterocycles. The number of thiophene rings is 2. The highest BCUT2D eigenvalue weighted by molar-refractivity contribution is 9.11. The van der Waals surface area contributed by atoms with Crippen molar-refractivity contribution in [3.05, 3.63) is 123 Å². The van der Waals surface area contributed by atoms with Crippen LogP contribution in [0.25, 0.3) is 32.0 Å². The molecule has 0 spiro atoms. The first kappa shape index (κ1) is 28.1. The van der Waals surface area contributed by atoms with Crippen molar-refractivity contribution in [3.8, 4) is 20.9 Å². The SMILES string of the molecule is Cc1cc(C2=c3cc4c(cc3-c3sc(Br)cc32)=C(c2cc(C)cc(C(F)(F)F)c2)c2cc(Br)sc2-4)cc(C(F)(F)F)c1. The van der Waals surface area contributed by atoms with Crippen LogP contribution >= 0.6 is 54.5 Å². The van der Waals surface area contributed by atoms with Crippen LogP contribution in [0, 0.1) is 13.8 Å². The second-order valence-corrected chi connectivity index (χ2v) is 15.3. The van der Waals surface area contributed by atoms with Gasteiger partial charge < -0.3 is 0 Å². The maximum atomic E-state index is 13.8. The van der Waals surface area contributed by atoms with E-state index in [1.807, 2.05) is 24.3 Å². The third kappa shape index (κ3) is 4.44. The normalized spacial score (nSPS) is 13.9. The van der Waals surface area contributed by atoms with Crippen LogP contribution in [0.2, 0.25) is 0 Å². The van der Waals surface area contributed by atoms with E-state index in [0.717, 1.165) is 62.2 Å². The average Bonchev–Trinajstić information content (AvgIpc) is 3.58. The molecule has 212 valence electrons. The number of aryl methyl sites for hydroxylation is 2. The van der Waals surface area contributed by atoms with Crippen molar-refractivity contribution in [1.29, 1.82) is 0 Å². The summed E-state index contributed by atoms with van der Waals surface area (Å²) >= 11 is 10.1. The molecule has 0 radical (unpaired) electrons. The van der Waals surface area contributed by atoms with Crippen molar-refractivity contribution in [3.63, 3.8) is 0 Å². The second-order valence-electron chi connectivity index (χ2n) is 10.5. The van der Waals surface area contributed by atoms with Crippen LogP contribution < -0.4 is 10.4 Å². The van der Waals surface area contributed by atoms with Crippen molar-refractivity contribution in [1.82, 2.24) is 0 Å². The van der Waals surface area contributed by atoms with Crippen LogP contribution in [0.1, 0.15) is 44.5 Å². The van der Waals surface area contributed by atoms with Crippen LogP contribution in [-0.2, 0) is 12.4 Å². The molecule has 0 saturated heterocycles. The molecule has 2 aliphatic rings. The molecule has 2 aliphatic carbocycles. The van der Waals surface area contributed by atoms with Gasteiger partial charge in [0.1, 0.15) is 0 Å². The minimum absolute atomic E-state index is 0.468. The Bertz CT molecular complexity index is 1960. The van der Waals surface area contributed by atoms with Gasteiger partial charge in [-0.15, -0.1) is 22.7 Å². The molecule has 0 saturated carbocycles. The quantitative estimate of drug-likeness (QED) is 0.155. The first-order valence-corrected chi connectivity index (χ1v) is 15.8. The highest BCUT2D eigenvalue weighted by atomic mass is 79.9. The Labute approximate surface area is 260 Å². The van der Waals surface area contributed by atoms with Gasteiger partial charge in [-0.05, 0) is 138 Å². The van der Waals surface area contributed by atoms with Crippen molar-refractivity contribution in [2.75, 3.05) is 0 Å². The first-order valence-electron chi connectivity index (χ1n) is 12.6. The van der Waals surface area contributed by atoms with Crippen molar-refractivity contribution >= 4 is 65.7 Å². The van der Waals surface area contributed by atoms with Gasteiger partial charge in [0.25, 0.3) is 0 Å². The number of hydrogen-bond donors (Lipinski definition) is 0. The molecule has 0 atom stereocenters. The summed E-state index contributed by atoms with van der Waals surface area (Å²) in [5, 5.41) is 1.61. The highest BCUT2D eigenvalue weighted by Gasteiger charge is 2.35. The number of alkyl halides is 6. The van der Waals surface area contributed by atoms with Gasteiger partial charge in [0.2, 0.25) is 0 Å². The van der Waals surface area contributed by atoms with Gasteiger partial charge in [-0.1, -0.05) is 12.1 Å². The van der Waals surface area contributed by atoms with Crippen molar-refractivity contribution in [2.24, 2.45) is 0 Å². The van der Waals surface area contributed by atoms with E-state index in [1.54, 1.807) is 26.0 Å². The Kier molecular flexibility index (Phi) is 6.31. The Hall–Kier alpha value is -2.66. The van der Waals surface area contributed by atoms with E-state index in [2.05, 4.69) is 31.9 Å². The van der Waals surface area contributed by atoms with Crippen LogP contribution in [-0.4, -0.2) is 0 Å². The highest BCUT2D eigenvalue weighted by Crippen LogP contribution is 2.48. The zero-order valence-corrected chi connectivity index (χ0v) is 26.4. The Morgan fingerprint density at radius 3 is 1.24 bits per heavy atom. The third-order valence-corrected chi connectivity index (χ3v) is 10.9. The van der Waals surface area contributed by atoms with E-state index in [0.29, 0.717) is 33.4 Å². The average molecular weight is 738 g/mol. The van der Waals surface area contributed by atoms with Crippen molar-refractivity contribution < 1.29 is 26.3 Å². The molecule has 0 bridgehead atoms. The summed E-state index contributed by atoms with van der Waals surface area (Å²) in [4.78, 5) is 1.81. The summed E-state index contributed by atoms with van der Waals surface area (Å²) in [7, 11) is 0. The molecule has 10 heteroatoms. The molecular weight excluding hydrogens is 722 g/mol. The number of fused-ring (bicyclic) bond motifs is 6. The summed E-state index contributed by atoms with van der Waals surface area (Å²) in [6.07, 6.45) is -8.99. The van der Waals surface area contributed by atoms with Crippen LogP contribution in [0.4, 0.5) is 26.3 Å². The maximum absolute atomic E-state index is 13.8. The first-order chi connectivity index (χ1) is 19.7. The summed E-state index contributed by atoms with van der Waals surface area (Å²) in [6, 6.07) is 16.0. The van der Waals surface area contributed by atoms with Gasteiger partial charge in [-0.2, -0.15) is 26.3 Å². The molecule has 7 rings (SSSR count). The standard InChI is InChI=1S/C32H16Br2F6S2/c1-13-3-15(7-17(5-13)31(35,36)37)27-19-9-22-20(10-21(19)29-23(27)11-25(33)41-29)28(24-12-26(34)42-30(22)24)16-4-14(2)6-18(8-16)32(38,39)40/h3-12H,1-2H3. The van der Waals surface area contributed by atoms with Crippen molar-refractivity contribution in [2.45, 2.75) is 26.2 Å². The van der Waals surface area contributed by atoms with Gasteiger partial charge >= 0.3 is 12.4 Å². The summed E-state index contributed by atoms with van der Waals surface area (Å²) in [5.74, 6) is 0. The molecule has 0 fully saturated rings. The number of hydrogen-bond acceptors (Lipinski definition) is 2. The minimum Gasteiger partial charge on any atom is -0.166 e. The van der Waals surface area contributed by atoms with Crippen LogP contribution in [0.3, 0.4) is 0 Å². The molecule has 42 heavy (non-hydrogen) atoms. The predicted octanol–water partition coefficient (Wildman–Crippen LogP) is 10.4. The second kappa shape index (κ2) is 9.42. The summed E-state index contributed by atoms with van der Waals surface area (Å²) < 4.78 is 84.6. The fourth-order valence-electron chi connectivity index (χ4n) is 5.98. The van der Waals surface area contributed by atoms with Gasteiger partial charge in [-0.25, -0.2) is 0 Å². The van der Waals surface area contributed by atoms with E-state index in [1.165, 1.54) is 34.8 Å². The Morgan fingerprint density at radius 2 is 0.881 bits per heavy atom. The largest absolute Gasteiger partial charge is 0.416 e. The molecule has 0 nitrogen and oxygen atoms in total. The molecular formula is C32H16Br2F6S2. The van der Waals surface area contributed by atoms with E-state index in [-0.39, 0.29) is 0 Å². The van der Waals surface area contributed by atoms with Gasteiger partial charge in [0.15, 0.2) is 0 Å². The smallest absolute Gasteiger partial charge is 0.166 e. The van der Waals surface area contributed by atoms with E-state index < -0.39 is 23.5 Å². The molecule has 0 unspecified atom stereocenters. The zero-order valence-electron chi connectivity index (χ0n) is 21.6. The number of rotatable bonds is 2. The lowest BCUT2D eigenvalue weighted by Gasteiger charge is -2.12. The third-order valence-electron chi connectivity index (χ3n) is 7.52. The van der Waals surface area contributed by atoms with Gasteiger partial charge in [-0.3, -0.25) is 0 Å². The topological polar surface area (TPSA) is 0 Å². The Morgan fingerprint density at radius 1 is 0.500 bits per heavy atom. The van der Waals surface area contributed by atoms with Crippen LogP contribution in [0.5, 0.6) is 0 Å². The summed E-state index contributed by atoms with van der Waals surface area (Å²) in [6.45, 7) is 3.30. The molecule has 5 aromatic rings. The molecule has 3 aromatic carbocycles. The fraction of sp³-hybridized carbons (Fsp3) is 0.125. The monoisotopic (exact) mass is 736 g/mol. The molecule has 0 aliphatic heterocycles. The maximum Gasteiger partial charge on any atom is 0.416 e. The summed E-state index contributed by atoms with van der Waals surface area (Å²) in [5.41, 5.74) is 5.27. The number of benzene rings is 3. The predicted molar refractivity (Wildman–Crippen MR) is 163 cm³/mol.